The number of likely N-dealkylation sites (tertiary alicyclic amines) is 1. The number of piperidine rings is 1. The molecule has 0 spiro atoms. The number of aromatic amines is 1. The second-order valence-electron chi connectivity index (χ2n) is 8.68. The lowest BCUT2D eigenvalue weighted by atomic mass is 9.93. The Morgan fingerprint density at radius 2 is 1.70 bits per heavy atom. The van der Waals surface area contributed by atoms with E-state index in [2.05, 4.69) is 9.88 Å². The van der Waals surface area contributed by atoms with Crippen LogP contribution < -0.4 is 4.74 Å². The Bertz CT molecular complexity index is 1220. The quantitative estimate of drug-likeness (QED) is 0.675. The average molecular weight is 403 g/mol. The van der Waals surface area contributed by atoms with Crippen LogP contribution in [-0.4, -0.2) is 53.5 Å². The van der Waals surface area contributed by atoms with Crippen molar-refractivity contribution in [3.05, 3.63) is 40.5 Å². The van der Waals surface area contributed by atoms with Crippen LogP contribution in [0.5, 0.6) is 5.75 Å². The van der Waals surface area contributed by atoms with E-state index >= 15 is 0 Å². The Labute approximate surface area is 174 Å². The van der Waals surface area contributed by atoms with Crippen molar-refractivity contribution in [3.8, 4) is 5.75 Å². The van der Waals surface area contributed by atoms with Crippen molar-refractivity contribution in [2.45, 2.75) is 38.5 Å². The number of amides is 2. The second-order valence-corrected chi connectivity index (χ2v) is 8.68. The third-order valence-electron chi connectivity index (χ3n) is 7.04. The van der Waals surface area contributed by atoms with E-state index in [0.29, 0.717) is 17.8 Å². The number of ether oxygens (including phenoxy) is 1. The number of fused-ring (bicyclic) bond motifs is 8. The molecule has 0 radical (unpaired) electrons. The Morgan fingerprint density at radius 1 is 0.933 bits per heavy atom. The van der Waals surface area contributed by atoms with Crippen LogP contribution in [0.3, 0.4) is 0 Å². The molecule has 2 aromatic carbocycles. The zero-order valence-corrected chi connectivity index (χ0v) is 17.2. The molecule has 1 aliphatic carbocycles. The number of nitrogens with one attached hydrogen (secondary N) is 1. The Morgan fingerprint density at radius 3 is 2.50 bits per heavy atom. The molecule has 0 saturated carbocycles. The van der Waals surface area contributed by atoms with Gasteiger partial charge in [-0.25, -0.2) is 0 Å². The smallest absolute Gasteiger partial charge is 0.263 e. The van der Waals surface area contributed by atoms with Crippen LogP contribution in [0.15, 0.2) is 18.2 Å². The van der Waals surface area contributed by atoms with E-state index in [1.807, 2.05) is 18.2 Å². The van der Waals surface area contributed by atoms with Gasteiger partial charge >= 0.3 is 0 Å². The molecule has 0 unspecified atom stereocenters. The van der Waals surface area contributed by atoms with Gasteiger partial charge in [0.2, 0.25) is 0 Å². The summed E-state index contributed by atoms with van der Waals surface area (Å²) in [6.07, 6.45) is 6.28. The van der Waals surface area contributed by atoms with E-state index in [9.17, 15) is 9.59 Å². The SMILES string of the molecule is COc1cccc2[nH]c3c4c(c5c(c3c12)C(=O)N(CN1CCCCC1)C5=O)CCC4. The van der Waals surface area contributed by atoms with Gasteiger partial charge in [0.05, 0.1) is 41.3 Å². The first-order valence-electron chi connectivity index (χ1n) is 10.9. The average Bonchev–Trinajstić information content (AvgIpc) is 3.45. The van der Waals surface area contributed by atoms with Crippen LogP contribution in [0.25, 0.3) is 21.8 Å². The number of rotatable bonds is 3. The van der Waals surface area contributed by atoms with Crippen LogP contribution >= 0.6 is 0 Å². The number of imide groups is 1. The molecule has 3 aromatic rings. The van der Waals surface area contributed by atoms with Gasteiger partial charge in [-0.3, -0.25) is 19.4 Å². The maximum Gasteiger partial charge on any atom is 0.263 e. The molecule has 3 heterocycles. The fourth-order valence-corrected chi connectivity index (χ4v) is 5.67. The summed E-state index contributed by atoms with van der Waals surface area (Å²) in [6, 6.07) is 5.88. The fourth-order valence-electron chi connectivity index (χ4n) is 5.67. The first-order chi connectivity index (χ1) is 14.7. The first kappa shape index (κ1) is 18.0. The van der Waals surface area contributed by atoms with Gasteiger partial charge in [-0.15, -0.1) is 0 Å². The normalized spacial score (nSPS) is 19.2. The molecule has 0 bridgehead atoms. The summed E-state index contributed by atoms with van der Waals surface area (Å²) in [7, 11) is 1.65. The van der Waals surface area contributed by atoms with Gasteiger partial charge in [-0.1, -0.05) is 12.5 Å². The zero-order valence-electron chi connectivity index (χ0n) is 17.2. The Balaban J connectivity index is 1.60. The van der Waals surface area contributed by atoms with Crippen LogP contribution in [0.1, 0.15) is 57.5 Å². The van der Waals surface area contributed by atoms with Gasteiger partial charge in [-0.05, 0) is 68.5 Å². The number of benzene rings is 2. The van der Waals surface area contributed by atoms with Crippen molar-refractivity contribution in [2.75, 3.05) is 26.9 Å². The number of aromatic nitrogens is 1. The standard InChI is InChI=1S/C24H25N3O3/c1-30-17-10-6-9-16-19(17)20-21-18(14-7-5-8-15(14)22(20)25-16)23(28)27(24(21)29)13-26-11-3-2-4-12-26/h6,9-10,25H,2-5,7-8,11-13H2,1H3. The molecule has 2 aliphatic heterocycles. The number of H-pyrrole nitrogens is 1. The second kappa shape index (κ2) is 6.57. The summed E-state index contributed by atoms with van der Waals surface area (Å²) in [4.78, 5) is 34.4. The summed E-state index contributed by atoms with van der Waals surface area (Å²) in [6.45, 7) is 2.28. The Hall–Kier alpha value is -2.86. The number of carbonyl (C=O) groups is 2. The summed E-state index contributed by atoms with van der Waals surface area (Å²) in [5.74, 6) is 0.450. The van der Waals surface area contributed by atoms with Crippen LogP contribution in [0, 0.1) is 0 Å². The summed E-state index contributed by atoms with van der Waals surface area (Å²) < 4.78 is 5.65. The van der Waals surface area contributed by atoms with Crippen molar-refractivity contribution in [1.29, 1.82) is 0 Å². The van der Waals surface area contributed by atoms with E-state index in [1.54, 1.807) is 7.11 Å². The molecule has 154 valence electrons. The van der Waals surface area contributed by atoms with E-state index < -0.39 is 0 Å². The van der Waals surface area contributed by atoms with Crippen molar-refractivity contribution < 1.29 is 14.3 Å². The van der Waals surface area contributed by atoms with Crippen LogP contribution in [0.2, 0.25) is 0 Å². The summed E-state index contributed by atoms with van der Waals surface area (Å²) >= 11 is 0. The third kappa shape index (κ3) is 2.34. The van der Waals surface area contributed by atoms with Gasteiger partial charge in [0.1, 0.15) is 5.75 Å². The third-order valence-corrected chi connectivity index (χ3v) is 7.04. The lowest BCUT2D eigenvalue weighted by Crippen LogP contribution is -2.43. The molecule has 3 aliphatic rings. The minimum atomic E-state index is -0.160. The molecule has 2 amide bonds. The highest BCUT2D eigenvalue weighted by Crippen LogP contribution is 2.45. The van der Waals surface area contributed by atoms with E-state index in [-0.39, 0.29) is 11.8 Å². The highest BCUT2D eigenvalue weighted by Gasteiger charge is 2.42. The Kier molecular flexibility index (Phi) is 3.93. The highest BCUT2D eigenvalue weighted by molar-refractivity contribution is 6.31. The molecular formula is C24H25N3O3. The molecule has 1 saturated heterocycles. The van der Waals surface area contributed by atoms with Gasteiger partial charge in [0.25, 0.3) is 11.8 Å². The highest BCUT2D eigenvalue weighted by atomic mass is 16.5. The molecule has 1 aromatic heterocycles. The zero-order chi connectivity index (χ0) is 20.4. The predicted molar refractivity (Wildman–Crippen MR) is 115 cm³/mol. The maximum absolute atomic E-state index is 13.7. The van der Waals surface area contributed by atoms with Crippen molar-refractivity contribution in [2.24, 2.45) is 0 Å². The fraction of sp³-hybridized carbons (Fsp3) is 0.417. The summed E-state index contributed by atoms with van der Waals surface area (Å²) in [5.41, 5.74) is 5.43. The van der Waals surface area contributed by atoms with Gasteiger partial charge in [0.15, 0.2) is 0 Å². The maximum atomic E-state index is 13.7. The molecule has 0 atom stereocenters. The van der Waals surface area contributed by atoms with E-state index in [1.165, 1.54) is 16.9 Å². The van der Waals surface area contributed by atoms with Crippen LogP contribution in [0.4, 0.5) is 0 Å². The van der Waals surface area contributed by atoms with Crippen LogP contribution in [-0.2, 0) is 12.8 Å². The molecule has 1 fully saturated rings. The number of nitrogens with zero attached hydrogens (tertiary/aromatic N) is 2. The van der Waals surface area contributed by atoms with Crippen molar-refractivity contribution in [1.82, 2.24) is 14.8 Å². The molecule has 1 N–H and O–H groups in total. The molecule has 6 nitrogen and oxygen atoms in total. The number of carbonyl (C=O) groups excluding carboxylic acids is 2. The molecule has 30 heavy (non-hydrogen) atoms. The molecule has 6 heteroatoms. The monoisotopic (exact) mass is 403 g/mol. The molecule has 6 rings (SSSR count). The minimum Gasteiger partial charge on any atom is -0.496 e. The van der Waals surface area contributed by atoms with E-state index in [4.69, 9.17) is 4.74 Å². The van der Waals surface area contributed by atoms with E-state index in [0.717, 1.165) is 78.3 Å². The van der Waals surface area contributed by atoms with Crippen molar-refractivity contribution >= 4 is 33.6 Å². The summed E-state index contributed by atoms with van der Waals surface area (Å²) in [5, 5.41) is 1.76. The number of hydrogen-bond donors (Lipinski definition) is 1. The number of hydrogen-bond acceptors (Lipinski definition) is 4. The first-order valence-corrected chi connectivity index (χ1v) is 10.9. The van der Waals surface area contributed by atoms with Gasteiger partial charge in [0, 0.05) is 5.39 Å². The lowest BCUT2D eigenvalue weighted by Gasteiger charge is -2.29. The predicted octanol–water partition coefficient (Wildman–Crippen LogP) is 3.86. The van der Waals surface area contributed by atoms with Gasteiger partial charge in [-0.2, -0.15) is 0 Å². The molecular weight excluding hydrogens is 378 g/mol. The number of aryl methyl sites for hydroxylation is 1. The van der Waals surface area contributed by atoms with Crippen molar-refractivity contribution in [3.63, 3.8) is 0 Å². The topological polar surface area (TPSA) is 65.6 Å². The largest absolute Gasteiger partial charge is 0.496 e. The van der Waals surface area contributed by atoms with Gasteiger partial charge < -0.3 is 9.72 Å². The minimum absolute atomic E-state index is 0.120. The lowest BCUT2D eigenvalue weighted by molar-refractivity contribution is 0.0519. The number of methoxy groups -OCH3 is 1.